The van der Waals surface area contributed by atoms with Gasteiger partial charge >= 0.3 is 0 Å². The third-order valence-electron chi connectivity index (χ3n) is 5.10. The molecule has 0 atom stereocenters. The lowest BCUT2D eigenvalue weighted by atomic mass is 9.97. The Bertz CT molecular complexity index is 1090. The average molecular weight is 443 g/mol. The third kappa shape index (κ3) is 4.75. The number of piperidine rings is 1. The molecule has 1 aliphatic heterocycles. The number of anilines is 1. The molecule has 7 nitrogen and oxygen atoms in total. The molecule has 2 aromatic heterocycles. The Morgan fingerprint density at radius 2 is 1.87 bits per heavy atom. The molecule has 1 N–H and O–H groups in total. The molecular formula is C21H22N4O3S2. The van der Waals surface area contributed by atoms with Gasteiger partial charge in [0.1, 0.15) is 4.90 Å². The van der Waals surface area contributed by atoms with Gasteiger partial charge in [-0.1, -0.05) is 30.3 Å². The number of aromatic nitrogens is 2. The molecule has 0 spiro atoms. The van der Waals surface area contributed by atoms with Gasteiger partial charge in [-0.05, 0) is 30.5 Å². The van der Waals surface area contributed by atoms with Crippen molar-refractivity contribution in [2.45, 2.75) is 24.2 Å². The number of nitrogens with zero attached hydrogens (tertiary/aromatic N) is 3. The van der Waals surface area contributed by atoms with Gasteiger partial charge in [-0.15, -0.1) is 11.3 Å². The molecule has 1 aromatic carbocycles. The topological polar surface area (TPSA) is 92.3 Å². The van der Waals surface area contributed by atoms with Crippen LogP contribution in [-0.2, 0) is 21.2 Å². The number of carbonyl (C=O) groups excluding carboxylic acids is 1. The summed E-state index contributed by atoms with van der Waals surface area (Å²) in [6.07, 6.45) is 6.42. The van der Waals surface area contributed by atoms with Crippen molar-refractivity contribution in [2.24, 2.45) is 5.92 Å². The molecule has 0 aliphatic carbocycles. The van der Waals surface area contributed by atoms with Crippen LogP contribution >= 0.6 is 11.3 Å². The van der Waals surface area contributed by atoms with Crippen LogP contribution in [0, 0.1) is 5.92 Å². The van der Waals surface area contributed by atoms with E-state index in [0.29, 0.717) is 31.1 Å². The van der Waals surface area contributed by atoms with Crippen molar-refractivity contribution in [1.29, 1.82) is 0 Å². The van der Waals surface area contributed by atoms with E-state index < -0.39 is 10.0 Å². The van der Waals surface area contributed by atoms with Gasteiger partial charge in [0, 0.05) is 48.9 Å². The largest absolute Gasteiger partial charge is 0.302 e. The van der Waals surface area contributed by atoms with E-state index in [1.165, 1.54) is 33.5 Å². The second kappa shape index (κ2) is 9.03. The Kier molecular flexibility index (Phi) is 6.21. The standard InChI is InChI=1S/C21H22N4O3S2/c26-20(24-21-23-14-18(29-21)13-16-5-2-1-3-6-16)17-8-11-25(12-9-17)30(27,28)19-7-4-10-22-15-19/h1-7,10,14-15,17H,8-9,11-13H2,(H,23,24,26). The van der Waals surface area contributed by atoms with E-state index in [-0.39, 0.29) is 16.7 Å². The van der Waals surface area contributed by atoms with Gasteiger partial charge in [0.25, 0.3) is 0 Å². The number of benzene rings is 1. The predicted octanol–water partition coefficient (Wildman–Crippen LogP) is 3.17. The van der Waals surface area contributed by atoms with Crippen LogP contribution in [0.15, 0.2) is 66.0 Å². The van der Waals surface area contributed by atoms with E-state index in [4.69, 9.17) is 0 Å². The zero-order chi connectivity index (χ0) is 21.0. The first-order valence-corrected chi connectivity index (χ1v) is 12.0. The van der Waals surface area contributed by atoms with Crippen LogP contribution < -0.4 is 5.32 Å². The lowest BCUT2D eigenvalue weighted by Crippen LogP contribution is -2.41. The van der Waals surface area contributed by atoms with E-state index in [1.807, 2.05) is 18.2 Å². The summed E-state index contributed by atoms with van der Waals surface area (Å²) in [6.45, 7) is 0.624. The maximum absolute atomic E-state index is 12.7. The van der Waals surface area contributed by atoms with Crippen LogP contribution in [0.1, 0.15) is 23.3 Å². The summed E-state index contributed by atoms with van der Waals surface area (Å²) in [6, 6.07) is 13.2. The lowest BCUT2D eigenvalue weighted by molar-refractivity contribution is -0.120. The molecule has 0 radical (unpaired) electrons. The number of rotatable bonds is 6. The van der Waals surface area contributed by atoms with E-state index in [0.717, 1.165) is 11.3 Å². The van der Waals surface area contributed by atoms with Gasteiger partial charge in [0.2, 0.25) is 15.9 Å². The maximum Gasteiger partial charge on any atom is 0.244 e. The van der Waals surface area contributed by atoms with Crippen molar-refractivity contribution in [2.75, 3.05) is 18.4 Å². The predicted molar refractivity (Wildman–Crippen MR) is 116 cm³/mol. The highest BCUT2D eigenvalue weighted by atomic mass is 32.2. The van der Waals surface area contributed by atoms with Gasteiger partial charge in [-0.25, -0.2) is 13.4 Å². The fraction of sp³-hybridized carbons (Fsp3) is 0.286. The Hall–Kier alpha value is -2.62. The first-order valence-electron chi connectivity index (χ1n) is 9.72. The van der Waals surface area contributed by atoms with Gasteiger partial charge in [0.15, 0.2) is 5.13 Å². The SMILES string of the molecule is O=C(Nc1ncc(Cc2ccccc2)s1)C1CCN(S(=O)(=O)c2cccnc2)CC1. The number of pyridine rings is 1. The smallest absolute Gasteiger partial charge is 0.244 e. The van der Waals surface area contributed by atoms with Crippen LogP contribution in [0.5, 0.6) is 0 Å². The van der Waals surface area contributed by atoms with Crippen molar-refractivity contribution in [3.8, 4) is 0 Å². The fourth-order valence-corrected chi connectivity index (χ4v) is 5.74. The Labute approximate surface area is 179 Å². The van der Waals surface area contributed by atoms with Crippen molar-refractivity contribution >= 4 is 32.4 Å². The van der Waals surface area contributed by atoms with E-state index >= 15 is 0 Å². The van der Waals surface area contributed by atoms with Gasteiger partial charge in [0.05, 0.1) is 0 Å². The molecule has 0 saturated carbocycles. The molecular weight excluding hydrogens is 420 g/mol. The molecule has 1 saturated heterocycles. The van der Waals surface area contributed by atoms with Gasteiger partial charge in [-0.2, -0.15) is 4.31 Å². The summed E-state index contributed by atoms with van der Waals surface area (Å²) in [5.41, 5.74) is 1.20. The zero-order valence-electron chi connectivity index (χ0n) is 16.3. The van der Waals surface area contributed by atoms with E-state index in [1.54, 1.807) is 18.5 Å². The Morgan fingerprint density at radius 1 is 1.10 bits per heavy atom. The molecule has 0 bridgehead atoms. The quantitative estimate of drug-likeness (QED) is 0.633. The normalized spacial score (nSPS) is 15.7. The van der Waals surface area contributed by atoms with Crippen LogP contribution in [-0.4, -0.2) is 41.7 Å². The summed E-state index contributed by atoms with van der Waals surface area (Å²) < 4.78 is 26.8. The molecule has 9 heteroatoms. The first-order chi connectivity index (χ1) is 14.5. The third-order valence-corrected chi connectivity index (χ3v) is 7.90. The molecule has 156 valence electrons. The van der Waals surface area contributed by atoms with Crippen LogP contribution in [0.25, 0.3) is 0 Å². The van der Waals surface area contributed by atoms with Crippen molar-refractivity contribution in [3.63, 3.8) is 0 Å². The summed E-state index contributed by atoms with van der Waals surface area (Å²) in [4.78, 5) is 22.1. The summed E-state index contributed by atoms with van der Waals surface area (Å²) in [5.74, 6) is -0.333. The highest BCUT2D eigenvalue weighted by Gasteiger charge is 2.32. The minimum absolute atomic E-state index is 0.103. The molecule has 1 amide bonds. The van der Waals surface area contributed by atoms with Gasteiger partial charge in [-0.3, -0.25) is 9.78 Å². The lowest BCUT2D eigenvalue weighted by Gasteiger charge is -2.30. The fourth-order valence-electron chi connectivity index (χ4n) is 3.46. The van der Waals surface area contributed by atoms with Crippen LogP contribution in [0.3, 0.4) is 0 Å². The molecule has 3 heterocycles. The average Bonchev–Trinajstić information content (AvgIpc) is 3.21. The van der Waals surface area contributed by atoms with Crippen molar-refractivity contribution in [3.05, 3.63) is 71.5 Å². The minimum atomic E-state index is -3.57. The number of nitrogens with one attached hydrogen (secondary N) is 1. The van der Waals surface area contributed by atoms with E-state index in [9.17, 15) is 13.2 Å². The highest BCUT2D eigenvalue weighted by molar-refractivity contribution is 7.89. The molecule has 3 aromatic rings. The Morgan fingerprint density at radius 3 is 2.57 bits per heavy atom. The summed E-state index contributed by atoms with van der Waals surface area (Å²) in [5, 5.41) is 3.47. The number of sulfonamides is 1. The number of hydrogen-bond donors (Lipinski definition) is 1. The first kappa shape index (κ1) is 20.6. The molecule has 1 aliphatic rings. The minimum Gasteiger partial charge on any atom is -0.302 e. The number of carbonyl (C=O) groups is 1. The maximum atomic E-state index is 12.7. The number of thiazole rings is 1. The molecule has 30 heavy (non-hydrogen) atoms. The second-order valence-electron chi connectivity index (χ2n) is 7.15. The summed E-state index contributed by atoms with van der Waals surface area (Å²) >= 11 is 1.47. The van der Waals surface area contributed by atoms with Crippen LogP contribution in [0.4, 0.5) is 5.13 Å². The number of amides is 1. The molecule has 1 fully saturated rings. The zero-order valence-corrected chi connectivity index (χ0v) is 17.9. The Balaban J connectivity index is 1.32. The van der Waals surface area contributed by atoms with Gasteiger partial charge < -0.3 is 5.32 Å². The molecule has 4 rings (SSSR count). The van der Waals surface area contributed by atoms with Crippen molar-refractivity contribution in [1.82, 2.24) is 14.3 Å². The van der Waals surface area contributed by atoms with E-state index in [2.05, 4.69) is 27.4 Å². The second-order valence-corrected chi connectivity index (χ2v) is 10.2. The van der Waals surface area contributed by atoms with Crippen molar-refractivity contribution < 1.29 is 13.2 Å². The summed E-state index contributed by atoms with van der Waals surface area (Å²) in [7, 11) is -3.57. The number of hydrogen-bond acceptors (Lipinski definition) is 6. The van der Waals surface area contributed by atoms with Crippen LogP contribution in [0.2, 0.25) is 0 Å². The molecule has 0 unspecified atom stereocenters. The monoisotopic (exact) mass is 442 g/mol. The highest BCUT2D eigenvalue weighted by Crippen LogP contribution is 2.26.